The quantitative estimate of drug-likeness (QED) is 0.716. The molecule has 0 bridgehead atoms. The average Bonchev–Trinajstić information content (AvgIpc) is 2.44. The lowest BCUT2D eigenvalue weighted by Crippen LogP contribution is -2.42. The van der Waals surface area contributed by atoms with Gasteiger partial charge in [0.25, 0.3) is 0 Å². The van der Waals surface area contributed by atoms with Crippen molar-refractivity contribution in [3.8, 4) is 5.75 Å². The number of rotatable bonds is 8. The molecule has 5 nitrogen and oxygen atoms in total. The van der Waals surface area contributed by atoms with Crippen LogP contribution in [0.25, 0.3) is 0 Å². The summed E-state index contributed by atoms with van der Waals surface area (Å²) in [7, 11) is 3.27. The molecule has 1 aromatic carbocycles. The van der Waals surface area contributed by atoms with E-state index in [1.807, 2.05) is 31.2 Å². The second-order valence-corrected chi connectivity index (χ2v) is 4.71. The van der Waals surface area contributed by atoms with Gasteiger partial charge in [-0.1, -0.05) is 12.1 Å². The first-order chi connectivity index (χ1) is 9.65. The molecule has 0 aliphatic carbocycles. The van der Waals surface area contributed by atoms with E-state index in [4.69, 9.17) is 9.47 Å². The molecule has 1 rings (SSSR count). The summed E-state index contributed by atoms with van der Waals surface area (Å²) in [6.45, 7) is 3.07. The SMILES string of the molecule is COCC(C)NC(=O)NCCCc1ccc(OC)cc1. The van der Waals surface area contributed by atoms with Crippen molar-refractivity contribution in [1.82, 2.24) is 10.6 Å². The van der Waals surface area contributed by atoms with Crippen molar-refractivity contribution >= 4 is 6.03 Å². The Hall–Kier alpha value is -1.75. The van der Waals surface area contributed by atoms with Gasteiger partial charge in [-0.25, -0.2) is 4.79 Å². The highest BCUT2D eigenvalue weighted by Crippen LogP contribution is 2.12. The van der Waals surface area contributed by atoms with Crippen molar-refractivity contribution in [1.29, 1.82) is 0 Å². The number of methoxy groups -OCH3 is 2. The summed E-state index contributed by atoms with van der Waals surface area (Å²) in [5, 5.41) is 5.64. The van der Waals surface area contributed by atoms with Gasteiger partial charge in [0.2, 0.25) is 0 Å². The highest BCUT2D eigenvalue weighted by Gasteiger charge is 2.05. The van der Waals surface area contributed by atoms with Gasteiger partial charge in [-0.2, -0.15) is 0 Å². The third-order valence-electron chi connectivity index (χ3n) is 2.88. The Morgan fingerprint density at radius 3 is 2.55 bits per heavy atom. The summed E-state index contributed by atoms with van der Waals surface area (Å²) < 4.78 is 10.1. The van der Waals surface area contributed by atoms with Gasteiger partial charge in [-0.15, -0.1) is 0 Å². The van der Waals surface area contributed by atoms with E-state index in [0.717, 1.165) is 18.6 Å². The fraction of sp³-hybridized carbons (Fsp3) is 0.533. The van der Waals surface area contributed by atoms with Crippen LogP contribution in [-0.2, 0) is 11.2 Å². The number of urea groups is 1. The Kier molecular flexibility index (Phi) is 7.50. The zero-order chi connectivity index (χ0) is 14.8. The fourth-order valence-corrected chi connectivity index (χ4v) is 1.85. The van der Waals surface area contributed by atoms with Gasteiger partial charge in [0.15, 0.2) is 0 Å². The average molecular weight is 280 g/mol. The van der Waals surface area contributed by atoms with E-state index in [9.17, 15) is 4.79 Å². The lowest BCUT2D eigenvalue weighted by molar-refractivity contribution is 0.171. The lowest BCUT2D eigenvalue weighted by atomic mass is 10.1. The van der Waals surface area contributed by atoms with Crippen LogP contribution >= 0.6 is 0 Å². The second kappa shape index (κ2) is 9.20. The number of nitrogens with one attached hydrogen (secondary N) is 2. The van der Waals surface area contributed by atoms with Gasteiger partial charge in [0.1, 0.15) is 5.75 Å². The van der Waals surface area contributed by atoms with Crippen molar-refractivity contribution in [3.05, 3.63) is 29.8 Å². The van der Waals surface area contributed by atoms with Gasteiger partial charge in [0, 0.05) is 13.7 Å². The minimum Gasteiger partial charge on any atom is -0.497 e. The van der Waals surface area contributed by atoms with E-state index in [2.05, 4.69) is 10.6 Å². The zero-order valence-electron chi connectivity index (χ0n) is 12.4. The van der Waals surface area contributed by atoms with Gasteiger partial charge in [0.05, 0.1) is 19.8 Å². The molecule has 0 radical (unpaired) electrons. The molecule has 0 spiro atoms. The van der Waals surface area contributed by atoms with Crippen molar-refractivity contribution in [3.63, 3.8) is 0 Å². The monoisotopic (exact) mass is 280 g/mol. The third-order valence-corrected chi connectivity index (χ3v) is 2.88. The van der Waals surface area contributed by atoms with Crippen LogP contribution in [0.5, 0.6) is 5.75 Å². The molecule has 112 valence electrons. The largest absolute Gasteiger partial charge is 0.497 e. The van der Waals surface area contributed by atoms with Crippen LogP contribution in [0.4, 0.5) is 4.79 Å². The van der Waals surface area contributed by atoms with Gasteiger partial charge >= 0.3 is 6.03 Å². The van der Waals surface area contributed by atoms with Crippen molar-refractivity contribution in [2.45, 2.75) is 25.8 Å². The Bertz CT molecular complexity index is 393. The Morgan fingerprint density at radius 2 is 1.95 bits per heavy atom. The van der Waals surface area contributed by atoms with Crippen LogP contribution < -0.4 is 15.4 Å². The van der Waals surface area contributed by atoms with Gasteiger partial charge in [-0.05, 0) is 37.5 Å². The van der Waals surface area contributed by atoms with E-state index in [-0.39, 0.29) is 12.1 Å². The summed E-state index contributed by atoms with van der Waals surface area (Å²) >= 11 is 0. The summed E-state index contributed by atoms with van der Waals surface area (Å²) in [5.74, 6) is 0.860. The standard InChI is InChI=1S/C15H24N2O3/c1-12(11-19-2)17-15(18)16-10-4-5-13-6-8-14(20-3)9-7-13/h6-9,12H,4-5,10-11H2,1-3H3,(H2,16,17,18). The third kappa shape index (κ3) is 6.43. The van der Waals surface area contributed by atoms with Crippen LogP contribution in [0.3, 0.4) is 0 Å². The summed E-state index contributed by atoms with van der Waals surface area (Å²) in [6, 6.07) is 7.84. The number of amides is 2. The van der Waals surface area contributed by atoms with Crippen LogP contribution in [-0.4, -0.2) is 39.4 Å². The first-order valence-corrected chi connectivity index (χ1v) is 6.82. The number of benzene rings is 1. The summed E-state index contributed by atoms with van der Waals surface area (Å²) in [6.07, 6.45) is 1.83. The van der Waals surface area contributed by atoms with Crippen molar-refractivity contribution in [2.24, 2.45) is 0 Å². The molecule has 0 aliphatic heterocycles. The molecule has 0 aliphatic rings. The molecule has 1 unspecified atom stereocenters. The zero-order valence-corrected chi connectivity index (χ0v) is 12.4. The molecule has 1 aromatic rings. The predicted molar refractivity (Wildman–Crippen MR) is 79.2 cm³/mol. The number of aryl methyl sites for hydroxylation is 1. The molecule has 0 fully saturated rings. The minimum absolute atomic E-state index is 0.0154. The molecule has 20 heavy (non-hydrogen) atoms. The topological polar surface area (TPSA) is 59.6 Å². The molecular formula is C15H24N2O3. The first-order valence-electron chi connectivity index (χ1n) is 6.82. The Balaban J connectivity index is 2.16. The summed E-state index contributed by atoms with van der Waals surface area (Å²) in [4.78, 5) is 11.5. The smallest absolute Gasteiger partial charge is 0.315 e. The number of carbonyl (C=O) groups excluding carboxylic acids is 1. The molecule has 0 aromatic heterocycles. The Morgan fingerprint density at radius 1 is 1.25 bits per heavy atom. The highest BCUT2D eigenvalue weighted by atomic mass is 16.5. The molecular weight excluding hydrogens is 256 g/mol. The molecule has 2 N–H and O–H groups in total. The van der Waals surface area contributed by atoms with E-state index >= 15 is 0 Å². The van der Waals surface area contributed by atoms with E-state index in [0.29, 0.717) is 13.2 Å². The minimum atomic E-state index is -0.149. The molecule has 5 heteroatoms. The molecule has 2 amide bonds. The van der Waals surface area contributed by atoms with Gasteiger partial charge in [-0.3, -0.25) is 0 Å². The molecule has 0 saturated carbocycles. The van der Waals surface area contributed by atoms with Crippen molar-refractivity contribution < 1.29 is 14.3 Å². The van der Waals surface area contributed by atoms with E-state index in [1.165, 1.54) is 5.56 Å². The normalized spacial score (nSPS) is 11.8. The number of carbonyl (C=O) groups is 1. The second-order valence-electron chi connectivity index (χ2n) is 4.71. The van der Waals surface area contributed by atoms with E-state index in [1.54, 1.807) is 14.2 Å². The van der Waals surface area contributed by atoms with Crippen LogP contribution in [0.15, 0.2) is 24.3 Å². The highest BCUT2D eigenvalue weighted by molar-refractivity contribution is 5.74. The first kappa shape index (κ1) is 16.3. The van der Waals surface area contributed by atoms with Gasteiger partial charge < -0.3 is 20.1 Å². The molecule has 0 heterocycles. The van der Waals surface area contributed by atoms with Crippen molar-refractivity contribution in [2.75, 3.05) is 27.4 Å². The molecule has 0 saturated heterocycles. The molecule has 1 atom stereocenters. The predicted octanol–water partition coefficient (Wildman–Crippen LogP) is 1.96. The van der Waals surface area contributed by atoms with Crippen LogP contribution in [0.1, 0.15) is 18.9 Å². The Labute approximate surface area is 120 Å². The van der Waals surface area contributed by atoms with Crippen LogP contribution in [0.2, 0.25) is 0 Å². The maximum Gasteiger partial charge on any atom is 0.315 e. The number of hydrogen-bond donors (Lipinski definition) is 2. The number of ether oxygens (including phenoxy) is 2. The van der Waals surface area contributed by atoms with E-state index < -0.39 is 0 Å². The van der Waals surface area contributed by atoms with Crippen LogP contribution in [0, 0.1) is 0 Å². The maximum absolute atomic E-state index is 11.5. The summed E-state index contributed by atoms with van der Waals surface area (Å²) in [5.41, 5.74) is 1.24. The maximum atomic E-state index is 11.5. The number of hydrogen-bond acceptors (Lipinski definition) is 3. The lowest BCUT2D eigenvalue weighted by Gasteiger charge is -2.13. The fourth-order valence-electron chi connectivity index (χ4n) is 1.85.